The number of halogens is 1. The monoisotopic (exact) mass is 303 g/mol. The molecule has 0 fully saturated rings. The minimum absolute atomic E-state index is 0.103. The molecule has 0 aromatic heterocycles. The first-order valence-corrected chi connectivity index (χ1v) is 5.75. The smallest absolute Gasteiger partial charge is 0.255 e. The fourth-order valence-electron chi connectivity index (χ4n) is 1.11. The SMILES string of the molecule is CC(O)(CO)CNC(=O)c1cc(Br)ccc1O. The van der Waals surface area contributed by atoms with Crippen molar-refractivity contribution in [2.75, 3.05) is 13.2 Å². The second kappa shape index (κ2) is 5.48. The first-order valence-electron chi connectivity index (χ1n) is 4.96. The van der Waals surface area contributed by atoms with Crippen LogP contribution in [0.15, 0.2) is 22.7 Å². The number of rotatable bonds is 4. The Bertz CT molecular complexity index is 420. The number of amides is 1. The molecule has 0 aliphatic rings. The van der Waals surface area contributed by atoms with Crippen molar-refractivity contribution in [1.82, 2.24) is 5.32 Å². The number of aliphatic hydroxyl groups excluding tert-OH is 1. The number of hydrogen-bond acceptors (Lipinski definition) is 4. The molecule has 1 amide bonds. The minimum atomic E-state index is -1.38. The first kappa shape index (κ1) is 14.0. The Morgan fingerprint density at radius 1 is 1.53 bits per heavy atom. The zero-order chi connectivity index (χ0) is 13.1. The molecule has 1 unspecified atom stereocenters. The highest BCUT2D eigenvalue weighted by atomic mass is 79.9. The lowest BCUT2D eigenvalue weighted by atomic mass is 10.1. The van der Waals surface area contributed by atoms with Gasteiger partial charge in [0, 0.05) is 11.0 Å². The maximum atomic E-state index is 11.7. The van der Waals surface area contributed by atoms with Gasteiger partial charge in [0.15, 0.2) is 0 Å². The lowest BCUT2D eigenvalue weighted by molar-refractivity contribution is 0.00318. The van der Waals surface area contributed by atoms with E-state index in [9.17, 15) is 15.0 Å². The van der Waals surface area contributed by atoms with Crippen LogP contribution in [0.4, 0.5) is 0 Å². The van der Waals surface area contributed by atoms with Crippen LogP contribution in [-0.2, 0) is 0 Å². The lowest BCUT2D eigenvalue weighted by Crippen LogP contribution is -2.43. The molecule has 0 saturated heterocycles. The third-order valence-electron chi connectivity index (χ3n) is 2.17. The van der Waals surface area contributed by atoms with Gasteiger partial charge < -0.3 is 20.6 Å². The van der Waals surface area contributed by atoms with Gasteiger partial charge in [-0.3, -0.25) is 4.79 Å². The summed E-state index contributed by atoms with van der Waals surface area (Å²) in [5, 5.41) is 30.3. The van der Waals surface area contributed by atoms with Crippen LogP contribution in [0, 0.1) is 0 Å². The second-order valence-corrected chi connectivity index (χ2v) is 4.91. The van der Waals surface area contributed by atoms with E-state index in [1.54, 1.807) is 6.07 Å². The molecule has 1 aromatic carbocycles. The Balaban J connectivity index is 2.74. The van der Waals surface area contributed by atoms with Crippen molar-refractivity contribution in [3.63, 3.8) is 0 Å². The van der Waals surface area contributed by atoms with E-state index < -0.39 is 18.1 Å². The molecule has 0 spiro atoms. The van der Waals surface area contributed by atoms with E-state index in [1.165, 1.54) is 19.1 Å². The molecule has 1 rings (SSSR count). The van der Waals surface area contributed by atoms with E-state index in [0.717, 1.165) is 0 Å². The first-order chi connectivity index (χ1) is 7.85. The summed E-state index contributed by atoms with van der Waals surface area (Å²) in [7, 11) is 0. The van der Waals surface area contributed by atoms with Crippen LogP contribution in [0.2, 0.25) is 0 Å². The van der Waals surface area contributed by atoms with Crippen LogP contribution in [0.25, 0.3) is 0 Å². The number of carbonyl (C=O) groups is 1. The number of phenolic OH excluding ortho intramolecular Hbond substituents is 1. The fourth-order valence-corrected chi connectivity index (χ4v) is 1.47. The van der Waals surface area contributed by atoms with Crippen molar-refractivity contribution < 1.29 is 20.1 Å². The standard InChI is InChI=1S/C11H14BrNO4/c1-11(17,6-14)5-13-10(16)8-4-7(12)2-3-9(8)15/h2-4,14-15,17H,5-6H2,1H3,(H,13,16). The molecule has 94 valence electrons. The molecule has 0 bridgehead atoms. The van der Waals surface area contributed by atoms with E-state index in [0.29, 0.717) is 4.47 Å². The van der Waals surface area contributed by atoms with Crippen molar-refractivity contribution in [3.05, 3.63) is 28.2 Å². The second-order valence-electron chi connectivity index (χ2n) is 4.00. The Kier molecular flexibility index (Phi) is 4.50. The summed E-state index contributed by atoms with van der Waals surface area (Å²) in [6, 6.07) is 4.47. The van der Waals surface area contributed by atoms with Crippen LogP contribution < -0.4 is 5.32 Å². The molecule has 5 nitrogen and oxygen atoms in total. The highest BCUT2D eigenvalue weighted by Gasteiger charge is 2.21. The molecule has 0 heterocycles. The van der Waals surface area contributed by atoms with Crippen LogP contribution in [0.1, 0.15) is 17.3 Å². The van der Waals surface area contributed by atoms with Gasteiger partial charge in [0.2, 0.25) is 0 Å². The third-order valence-corrected chi connectivity index (χ3v) is 2.67. The number of benzene rings is 1. The fraction of sp³-hybridized carbons (Fsp3) is 0.364. The molecule has 1 aromatic rings. The average Bonchev–Trinajstić information content (AvgIpc) is 2.29. The van der Waals surface area contributed by atoms with Gasteiger partial charge in [-0.2, -0.15) is 0 Å². The molecule has 6 heteroatoms. The summed E-state index contributed by atoms with van der Waals surface area (Å²) in [5.74, 6) is -0.660. The van der Waals surface area contributed by atoms with Gasteiger partial charge in [0.25, 0.3) is 5.91 Å². The van der Waals surface area contributed by atoms with Crippen molar-refractivity contribution in [1.29, 1.82) is 0 Å². The van der Waals surface area contributed by atoms with Gasteiger partial charge in [-0.25, -0.2) is 0 Å². The molecular weight excluding hydrogens is 290 g/mol. The van der Waals surface area contributed by atoms with Gasteiger partial charge in [-0.1, -0.05) is 15.9 Å². The number of aromatic hydroxyl groups is 1. The normalized spacial score (nSPS) is 14.1. The quantitative estimate of drug-likeness (QED) is 0.657. The molecule has 0 aliphatic carbocycles. The maximum Gasteiger partial charge on any atom is 0.255 e. The number of hydrogen-bond donors (Lipinski definition) is 4. The van der Waals surface area contributed by atoms with E-state index in [-0.39, 0.29) is 17.9 Å². The van der Waals surface area contributed by atoms with Crippen molar-refractivity contribution in [2.24, 2.45) is 0 Å². The van der Waals surface area contributed by atoms with E-state index in [2.05, 4.69) is 21.2 Å². The highest BCUT2D eigenvalue weighted by molar-refractivity contribution is 9.10. The molecule has 17 heavy (non-hydrogen) atoms. The van der Waals surface area contributed by atoms with Gasteiger partial charge in [-0.05, 0) is 25.1 Å². The van der Waals surface area contributed by atoms with Crippen LogP contribution in [0.5, 0.6) is 5.75 Å². The number of aliphatic hydroxyl groups is 2. The summed E-state index contributed by atoms with van der Waals surface area (Å²) >= 11 is 3.19. The number of phenols is 1. The Labute approximate surface area is 107 Å². The molecular formula is C11H14BrNO4. The molecule has 4 N–H and O–H groups in total. The molecule has 0 saturated carbocycles. The summed E-state index contributed by atoms with van der Waals surface area (Å²) in [5.41, 5.74) is -1.27. The van der Waals surface area contributed by atoms with E-state index >= 15 is 0 Å². The zero-order valence-corrected chi connectivity index (χ0v) is 10.9. The van der Waals surface area contributed by atoms with E-state index in [4.69, 9.17) is 5.11 Å². The lowest BCUT2D eigenvalue weighted by Gasteiger charge is -2.20. The number of nitrogens with one attached hydrogen (secondary N) is 1. The van der Waals surface area contributed by atoms with Gasteiger partial charge >= 0.3 is 0 Å². The van der Waals surface area contributed by atoms with Gasteiger partial charge in [0.1, 0.15) is 11.4 Å². The summed E-state index contributed by atoms with van der Waals surface area (Å²) in [6.07, 6.45) is 0. The summed E-state index contributed by atoms with van der Waals surface area (Å²) in [6.45, 7) is 0.833. The number of carbonyl (C=O) groups excluding carboxylic acids is 1. The zero-order valence-electron chi connectivity index (χ0n) is 9.27. The largest absolute Gasteiger partial charge is 0.507 e. The summed E-state index contributed by atoms with van der Waals surface area (Å²) in [4.78, 5) is 11.7. The van der Waals surface area contributed by atoms with Gasteiger partial charge in [-0.15, -0.1) is 0 Å². The Morgan fingerprint density at radius 3 is 2.76 bits per heavy atom. The van der Waals surface area contributed by atoms with Crippen LogP contribution in [-0.4, -0.2) is 40.0 Å². The highest BCUT2D eigenvalue weighted by Crippen LogP contribution is 2.21. The molecule has 0 radical (unpaired) electrons. The van der Waals surface area contributed by atoms with Crippen molar-refractivity contribution >= 4 is 21.8 Å². The summed E-state index contributed by atoms with van der Waals surface area (Å²) < 4.78 is 0.661. The Morgan fingerprint density at radius 2 is 2.18 bits per heavy atom. The average molecular weight is 304 g/mol. The van der Waals surface area contributed by atoms with Crippen molar-refractivity contribution in [2.45, 2.75) is 12.5 Å². The van der Waals surface area contributed by atoms with E-state index in [1.807, 2.05) is 0 Å². The predicted octanol–water partition coefficient (Wildman–Crippen LogP) is 0.628. The topological polar surface area (TPSA) is 89.8 Å². The van der Waals surface area contributed by atoms with Crippen LogP contribution >= 0.6 is 15.9 Å². The predicted molar refractivity (Wildman–Crippen MR) is 65.8 cm³/mol. The van der Waals surface area contributed by atoms with Crippen LogP contribution in [0.3, 0.4) is 0 Å². The minimum Gasteiger partial charge on any atom is -0.507 e. The molecule has 0 aliphatic heterocycles. The third kappa shape index (κ3) is 3.99. The Hall–Kier alpha value is -1.11. The van der Waals surface area contributed by atoms with Crippen molar-refractivity contribution in [3.8, 4) is 5.75 Å². The molecule has 1 atom stereocenters. The van der Waals surface area contributed by atoms with Gasteiger partial charge in [0.05, 0.1) is 12.2 Å². The maximum absolute atomic E-state index is 11.7.